The topological polar surface area (TPSA) is 38.8 Å². The molecule has 22 heavy (non-hydrogen) atoms. The van der Waals surface area contributed by atoms with Gasteiger partial charge >= 0.3 is 12.1 Å². The number of anilines is 1. The Hall–Kier alpha value is -1.76. The third-order valence-electron chi connectivity index (χ3n) is 3.00. The molecule has 0 N–H and O–H groups in total. The van der Waals surface area contributed by atoms with Crippen LogP contribution >= 0.6 is 0 Å². The fourth-order valence-corrected chi connectivity index (χ4v) is 2.14. The van der Waals surface area contributed by atoms with Crippen LogP contribution in [0.15, 0.2) is 24.3 Å². The normalized spacial score (nSPS) is 19.4. The first kappa shape index (κ1) is 16.6. The maximum absolute atomic E-state index is 12.8. The van der Waals surface area contributed by atoms with Gasteiger partial charge in [-0.15, -0.1) is 0 Å². The Morgan fingerprint density at radius 1 is 1.32 bits per heavy atom. The van der Waals surface area contributed by atoms with Gasteiger partial charge in [0.05, 0.1) is 12.2 Å². The maximum Gasteiger partial charge on any atom is 0.416 e. The number of hydrogen-bond acceptors (Lipinski definition) is 4. The molecule has 0 spiro atoms. The molecule has 0 saturated carbocycles. The largest absolute Gasteiger partial charge is 0.457 e. The summed E-state index contributed by atoms with van der Waals surface area (Å²) in [6, 6.07) is 4.82. The van der Waals surface area contributed by atoms with Crippen molar-refractivity contribution >= 4 is 11.7 Å². The second-order valence-electron chi connectivity index (χ2n) is 6.00. The van der Waals surface area contributed by atoms with Crippen LogP contribution in [0.1, 0.15) is 26.3 Å². The van der Waals surface area contributed by atoms with Gasteiger partial charge in [0.15, 0.2) is 0 Å². The van der Waals surface area contributed by atoms with Gasteiger partial charge in [-0.1, -0.05) is 6.07 Å². The minimum absolute atomic E-state index is 0.250. The van der Waals surface area contributed by atoms with Crippen molar-refractivity contribution in [3.05, 3.63) is 29.8 Å². The van der Waals surface area contributed by atoms with Crippen LogP contribution in [-0.2, 0) is 20.4 Å². The van der Waals surface area contributed by atoms with E-state index < -0.39 is 29.5 Å². The van der Waals surface area contributed by atoms with Crippen molar-refractivity contribution in [2.45, 2.75) is 38.8 Å². The van der Waals surface area contributed by atoms with Crippen LogP contribution in [-0.4, -0.2) is 30.9 Å². The van der Waals surface area contributed by atoms with Gasteiger partial charge in [0.1, 0.15) is 5.60 Å². The number of esters is 1. The van der Waals surface area contributed by atoms with Crippen LogP contribution in [0.4, 0.5) is 18.9 Å². The van der Waals surface area contributed by atoms with Crippen molar-refractivity contribution in [2.75, 3.05) is 18.1 Å². The van der Waals surface area contributed by atoms with Crippen molar-refractivity contribution in [1.29, 1.82) is 0 Å². The molecule has 1 saturated heterocycles. The highest BCUT2D eigenvalue weighted by molar-refractivity contribution is 5.79. The molecule has 1 unspecified atom stereocenters. The van der Waals surface area contributed by atoms with Crippen LogP contribution in [0.25, 0.3) is 0 Å². The smallest absolute Gasteiger partial charge is 0.416 e. The van der Waals surface area contributed by atoms with E-state index in [4.69, 9.17) is 9.47 Å². The SMILES string of the molecule is CC(C)(C)OC(=O)C1OCCN1c1cccc(C(F)(F)F)c1. The Balaban J connectivity index is 2.22. The third kappa shape index (κ3) is 3.91. The molecule has 0 bridgehead atoms. The molecule has 0 amide bonds. The lowest BCUT2D eigenvalue weighted by Crippen LogP contribution is -2.41. The molecule has 4 nitrogen and oxygen atoms in total. The first-order valence-corrected chi connectivity index (χ1v) is 6.86. The monoisotopic (exact) mass is 317 g/mol. The molecule has 1 fully saturated rings. The van der Waals surface area contributed by atoms with Gasteiger partial charge in [-0.2, -0.15) is 13.2 Å². The molecular weight excluding hydrogens is 299 g/mol. The van der Waals surface area contributed by atoms with Gasteiger partial charge in [-0.05, 0) is 39.0 Å². The number of ether oxygens (including phenoxy) is 2. The van der Waals surface area contributed by atoms with Gasteiger partial charge in [0.25, 0.3) is 0 Å². The Kier molecular flexibility index (Phi) is 4.37. The maximum atomic E-state index is 12.8. The van der Waals surface area contributed by atoms with E-state index in [0.717, 1.165) is 12.1 Å². The van der Waals surface area contributed by atoms with Gasteiger partial charge in [0.2, 0.25) is 6.23 Å². The summed E-state index contributed by atoms with van der Waals surface area (Å²) >= 11 is 0. The Morgan fingerprint density at radius 3 is 2.59 bits per heavy atom. The summed E-state index contributed by atoms with van der Waals surface area (Å²) in [5.41, 5.74) is -1.18. The van der Waals surface area contributed by atoms with Crippen molar-refractivity contribution in [2.24, 2.45) is 0 Å². The average molecular weight is 317 g/mol. The molecule has 1 heterocycles. The Morgan fingerprint density at radius 2 is 2.00 bits per heavy atom. The van der Waals surface area contributed by atoms with Crippen LogP contribution in [0, 0.1) is 0 Å². The number of carbonyl (C=O) groups excluding carboxylic acids is 1. The lowest BCUT2D eigenvalue weighted by molar-refractivity contribution is -0.165. The number of benzene rings is 1. The van der Waals surface area contributed by atoms with E-state index in [-0.39, 0.29) is 12.3 Å². The summed E-state index contributed by atoms with van der Waals surface area (Å²) in [7, 11) is 0. The Labute approximate surface area is 126 Å². The van der Waals surface area contributed by atoms with Crippen molar-refractivity contribution in [3.8, 4) is 0 Å². The summed E-state index contributed by atoms with van der Waals surface area (Å²) in [5.74, 6) is -0.609. The van der Waals surface area contributed by atoms with E-state index in [1.165, 1.54) is 17.0 Å². The summed E-state index contributed by atoms with van der Waals surface area (Å²) in [5, 5.41) is 0. The van der Waals surface area contributed by atoms with E-state index in [1.54, 1.807) is 20.8 Å². The molecule has 1 aromatic carbocycles. The molecule has 0 aliphatic carbocycles. The molecule has 2 rings (SSSR count). The van der Waals surface area contributed by atoms with E-state index in [0.29, 0.717) is 6.54 Å². The average Bonchev–Trinajstić information content (AvgIpc) is 2.85. The summed E-state index contributed by atoms with van der Waals surface area (Å²) in [6.07, 6.45) is -5.46. The fraction of sp³-hybridized carbons (Fsp3) is 0.533. The van der Waals surface area contributed by atoms with Crippen molar-refractivity contribution < 1.29 is 27.4 Å². The number of carbonyl (C=O) groups is 1. The second-order valence-corrected chi connectivity index (χ2v) is 6.00. The lowest BCUT2D eigenvalue weighted by atomic mass is 10.1. The van der Waals surface area contributed by atoms with Crippen LogP contribution in [0.5, 0.6) is 0 Å². The summed E-state index contributed by atoms with van der Waals surface area (Å²) in [6.45, 7) is 5.72. The van der Waals surface area contributed by atoms with Gasteiger partial charge in [0, 0.05) is 12.2 Å². The molecule has 1 aromatic rings. The molecule has 1 aliphatic heterocycles. The van der Waals surface area contributed by atoms with Crippen LogP contribution in [0.3, 0.4) is 0 Å². The third-order valence-corrected chi connectivity index (χ3v) is 3.00. The predicted molar refractivity (Wildman–Crippen MR) is 74.4 cm³/mol. The zero-order valence-electron chi connectivity index (χ0n) is 12.6. The van der Waals surface area contributed by atoms with E-state index >= 15 is 0 Å². The standard InChI is InChI=1S/C15H18F3NO3/c1-14(2,3)22-13(20)12-19(7-8-21-12)11-6-4-5-10(9-11)15(16,17)18/h4-6,9,12H,7-8H2,1-3H3. The molecule has 122 valence electrons. The zero-order chi connectivity index (χ0) is 16.5. The lowest BCUT2D eigenvalue weighted by Gasteiger charge is -2.27. The minimum atomic E-state index is -4.43. The highest BCUT2D eigenvalue weighted by atomic mass is 19.4. The number of halogens is 3. The van der Waals surface area contributed by atoms with Gasteiger partial charge in [-0.25, -0.2) is 4.79 Å². The fourth-order valence-electron chi connectivity index (χ4n) is 2.14. The van der Waals surface area contributed by atoms with E-state index in [9.17, 15) is 18.0 Å². The molecule has 0 radical (unpaired) electrons. The second kappa shape index (κ2) is 5.79. The van der Waals surface area contributed by atoms with Gasteiger partial charge < -0.3 is 14.4 Å². The highest BCUT2D eigenvalue weighted by Gasteiger charge is 2.37. The number of hydrogen-bond donors (Lipinski definition) is 0. The molecule has 0 aromatic heterocycles. The van der Waals surface area contributed by atoms with E-state index in [1.807, 2.05) is 0 Å². The van der Waals surface area contributed by atoms with Crippen LogP contribution < -0.4 is 4.90 Å². The molecular formula is C15H18F3NO3. The molecule has 1 aliphatic rings. The van der Waals surface area contributed by atoms with Crippen molar-refractivity contribution in [1.82, 2.24) is 0 Å². The minimum Gasteiger partial charge on any atom is -0.457 e. The quantitative estimate of drug-likeness (QED) is 0.785. The van der Waals surface area contributed by atoms with Crippen LogP contribution in [0.2, 0.25) is 0 Å². The van der Waals surface area contributed by atoms with E-state index in [2.05, 4.69) is 0 Å². The van der Waals surface area contributed by atoms with Crippen molar-refractivity contribution in [3.63, 3.8) is 0 Å². The zero-order valence-corrected chi connectivity index (χ0v) is 12.6. The highest BCUT2D eigenvalue weighted by Crippen LogP contribution is 2.33. The first-order valence-electron chi connectivity index (χ1n) is 6.86. The number of alkyl halides is 3. The molecule has 7 heteroatoms. The Bertz CT molecular complexity index is 552. The predicted octanol–water partition coefficient (Wildman–Crippen LogP) is 3.21. The summed E-state index contributed by atoms with van der Waals surface area (Å²) < 4.78 is 48.9. The number of nitrogens with zero attached hydrogens (tertiary/aromatic N) is 1. The van der Waals surface area contributed by atoms with Gasteiger partial charge in [-0.3, -0.25) is 0 Å². The summed E-state index contributed by atoms with van der Waals surface area (Å²) in [4.78, 5) is 13.6. The first-order chi connectivity index (χ1) is 10.1. The molecule has 1 atom stereocenters. The number of rotatable bonds is 2.